The second-order valence-electron chi connectivity index (χ2n) is 4.43. The molecule has 1 saturated carbocycles. The van der Waals surface area contributed by atoms with Crippen molar-refractivity contribution < 1.29 is 14.6 Å². The van der Waals surface area contributed by atoms with E-state index in [1.54, 1.807) is 0 Å². The highest BCUT2D eigenvalue weighted by molar-refractivity contribution is 4.75. The third-order valence-corrected chi connectivity index (χ3v) is 3.33. The van der Waals surface area contributed by atoms with Crippen molar-refractivity contribution in [2.75, 3.05) is 19.8 Å². The van der Waals surface area contributed by atoms with Crippen LogP contribution in [0.2, 0.25) is 0 Å². The Morgan fingerprint density at radius 1 is 1.29 bits per heavy atom. The number of hydrogen-bond donors (Lipinski definition) is 1. The van der Waals surface area contributed by atoms with E-state index < -0.39 is 0 Å². The van der Waals surface area contributed by atoms with Gasteiger partial charge in [0.2, 0.25) is 0 Å². The third kappa shape index (κ3) is 2.69. The molecule has 0 spiro atoms. The summed E-state index contributed by atoms with van der Waals surface area (Å²) in [6.07, 6.45) is 5.85. The molecule has 1 heterocycles. The normalized spacial score (nSPS) is 31.1. The van der Waals surface area contributed by atoms with Gasteiger partial charge in [-0.05, 0) is 25.2 Å². The Balaban J connectivity index is 1.63. The lowest BCUT2D eigenvalue weighted by Gasteiger charge is -2.19. The summed E-state index contributed by atoms with van der Waals surface area (Å²) < 4.78 is 10.8. The molecule has 2 rings (SSSR count). The fourth-order valence-corrected chi connectivity index (χ4v) is 2.36. The van der Waals surface area contributed by atoms with Gasteiger partial charge in [-0.1, -0.05) is 12.8 Å². The highest BCUT2D eigenvalue weighted by atomic mass is 16.5. The predicted octanol–water partition coefficient (Wildman–Crippen LogP) is 1.34. The molecule has 2 aliphatic rings. The smallest absolute Gasteiger partial charge is 0.0831 e. The summed E-state index contributed by atoms with van der Waals surface area (Å²) in [6, 6.07) is 0. The minimum atomic E-state index is -0.252. The average molecular weight is 200 g/mol. The van der Waals surface area contributed by atoms with E-state index in [1.807, 2.05) is 0 Å². The van der Waals surface area contributed by atoms with E-state index in [0.717, 1.165) is 13.0 Å². The van der Waals surface area contributed by atoms with Gasteiger partial charge in [0, 0.05) is 6.61 Å². The summed E-state index contributed by atoms with van der Waals surface area (Å²) in [5, 5.41) is 9.84. The molecule has 1 N–H and O–H groups in total. The molecule has 2 unspecified atom stereocenters. The van der Waals surface area contributed by atoms with Gasteiger partial charge >= 0.3 is 0 Å². The molecule has 1 aliphatic carbocycles. The zero-order valence-corrected chi connectivity index (χ0v) is 8.65. The number of ether oxygens (including phenoxy) is 2. The summed E-state index contributed by atoms with van der Waals surface area (Å²) in [6.45, 7) is 2.01. The van der Waals surface area contributed by atoms with Gasteiger partial charge in [0.1, 0.15) is 0 Å². The molecule has 0 amide bonds. The first-order chi connectivity index (χ1) is 6.86. The summed E-state index contributed by atoms with van der Waals surface area (Å²) in [7, 11) is 0. The SMILES string of the molecule is OC(COC1CCOC1)C1CCCC1. The molecule has 0 aromatic rings. The monoisotopic (exact) mass is 200 g/mol. The highest BCUT2D eigenvalue weighted by Crippen LogP contribution is 2.28. The van der Waals surface area contributed by atoms with Gasteiger partial charge in [-0.3, -0.25) is 0 Å². The summed E-state index contributed by atoms with van der Waals surface area (Å²) in [5.41, 5.74) is 0. The fourth-order valence-electron chi connectivity index (χ4n) is 2.36. The van der Waals surface area contributed by atoms with Crippen LogP contribution in [0.15, 0.2) is 0 Å². The van der Waals surface area contributed by atoms with Crippen molar-refractivity contribution in [2.24, 2.45) is 5.92 Å². The van der Waals surface area contributed by atoms with Crippen LogP contribution in [0.5, 0.6) is 0 Å². The topological polar surface area (TPSA) is 38.7 Å². The molecule has 0 bridgehead atoms. The van der Waals surface area contributed by atoms with Crippen LogP contribution in [0, 0.1) is 5.92 Å². The highest BCUT2D eigenvalue weighted by Gasteiger charge is 2.25. The van der Waals surface area contributed by atoms with Gasteiger partial charge < -0.3 is 14.6 Å². The van der Waals surface area contributed by atoms with Crippen LogP contribution < -0.4 is 0 Å². The van der Waals surface area contributed by atoms with Crippen LogP contribution in [0.3, 0.4) is 0 Å². The van der Waals surface area contributed by atoms with Crippen LogP contribution in [-0.2, 0) is 9.47 Å². The van der Waals surface area contributed by atoms with Gasteiger partial charge in [-0.25, -0.2) is 0 Å². The molecule has 0 aromatic heterocycles. The van der Waals surface area contributed by atoms with Gasteiger partial charge in [0.05, 0.1) is 25.4 Å². The lowest BCUT2D eigenvalue weighted by atomic mass is 10.0. The fraction of sp³-hybridized carbons (Fsp3) is 1.00. The maximum atomic E-state index is 9.84. The second-order valence-corrected chi connectivity index (χ2v) is 4.43. The Morgan fingerprint density at radius 3 is 2.71 bits per heavy atom. The third-order valence-electron chi connectivity index (χ3n) is 3.33. The lowest BCUT2D eigenvalue weighted by molar-refractivity contribution is -0.0318. The molecule has 2 atom stereocenters. The van der Waals surface area contributed by atoms with Crippen LogP contribution in [0.4, 0.5) is 0 Å². The van der Waals surface area contributed by atoms with Crippen molar-refractivity contribution in [1.29, 1.82) is 0 Å². The molecule has 1 aliphatic heterocycles. The van der Waals surface area contributed by atoms with Gasteiger partial charge in [-0.15, -0.1) is 0 Å². The second kappa shape index (κ2) is 5.10. The van der Waals surface area contributed by atoms with E-state index in [9.17, 15) is 5.11 Å². The molecule has 0 radical (unpaired) electrons. The Kier molecular flexibility index (Phi) is 3.79. The minimum absolute atomic E-state index is 0.228. The van der Waals surface area contributed by atoms with Gasteiger partial charge in [0.15, 0.2) is 0 Å². The Bertz CT molecular complexity index is 160. The number of hydrogen-bond acceptors (Lipinski definition) is 3. The Hall–Kier alpha value is -0.120. The van der Waals surface area contributed by atoms with Crippen molar-refractivity contribution in [2.45, 2.75) is 44.3 Å². The molecule has 2 fully saturated rings. The quantitative estimate of drug-likeness (QED) is 0.744. The van der Waals surface area contributed by atoms with Gasteiger partial charge in [0.25, 0.3) is 0 Å². The minimum Gasteiger partial charge on any atom is -0.390 e. The van der Waals surface area contributed by atoms with E-state index >= 15 is 0 Å². The zero-order chi connectivity index (χ0) is 9.80. The van der Waals surface area contributed by atoms with Crippen molar-refractivity contribution >= 4 is 0 Å². The zero-order valence-electron chi connectivity index (χ0n) is 8.65. The molecule has 1 saturated heterocycles. The van der Waals surface area contributed by atoms with Crippen LogP contribution in [0.25, 0.3) is 0 Å². The predicted molar refractivity (Wildman–Crippen MR) is 53.1 cm³/mol. The van der Waals surface area contributed by atoms with Crippen molar-refractivity contribution in [3.63, 3.8) is 0 Å². The van der Waals surface area contributed by atoms with E-state index in [-0.39, 0.29) is 12.2 Å². The van der Waals surface area contributed by atoms with Crippen molar-refractivity contribution in [3.8, 4) is 0 Å². The Labute approximate surface area is 85.4 Å². The number of rotatable bonds is 4. The standard InChI is InChI=1S/C11H20O3/c12-11(9-3-1-2-4-9)8-14-10-5-6-13-7-10/h9-12H,1-8H2. The van der Waals surface area contributed by atoms with E-state index in [1.165, 1.54) is 25.7 Å². The number of aliphatic hydroxyl groups excluding tert-OH is 1. The van der Waals surface area contributed by atoms with Crippen LogP contribution >= 0.6 is 0 Å². The van der Waals surface area contributed by atoms with Crippen LogP contribution in [0.1, 0.15) is 32.1 Å². The molecule has 3 heteroatoms. The first-order valence-corrected chi connectivity index (χ1v) is 5.73. The first kappa shape index (κ1) is 10.4. The maximum Gasteiger partial charge on any atom is 0.0831 e. The molecular weight excluding hydrogens is 180 g/mol. The van der Waals surface area contributed by atoms with E-state index in [2.05, 4.69) is 0 Å². The maximum absolute atomic E-state index is 9.84. The van der Waals surface area contributed by atoms with E-state index in [0.29, 0.717) is 19.1 Å². The first-order valence-electron chi connectivity index (χ1n) is 5.73. The average Bonchev–Trinajstić information content (AvgIpc) is 2.87. The van der Waals surface area contributed by atoms with Gasteiger partial charge in [-0.2, -0.15) is 0 Å². The summed E-state index contributed by atoms with van der Waals surface area (Å²) >= 11 is 0. The Morgan fingerprint density at radius 2 is 2.07 bits per heavy atom. The van der Waals surface area contributed by atoms with Crippen LogP contribution in [-0.4, -0.2) is 37.1 Å². The summed E-state index contributed by atoms with van der Waals surface area (Å²) in [5.74, 6) is 0.484. The molecule has 3 nitrogen and oxygen atoms in total. The lowest BCUT2D eigenvalue weighted by Crippen LogP contribution is -2.27. The van der Waals surface area contributed by atoms with Crippen molar-refractivity contribution in [1.82, 2.24) is 0 Å². The van der Waals surface area contributed by atoms with E-state index in [4.69, 9.17) is 9.47 Å². The number of aliphatic hydroxyl groups is 1. The van der Waals surface area contributed by atoms with Crippen molar-refractivity contribution in [3.05, 3.63) is 0 Å². The molecular formula is C11H20O3. The largest absolute Gasteiger partial charge is 0.390 e. The molecule has 0 aromatic carbocycles. The molecule has 14 heavy (non-hydrogen) atoms. The summed E-state index contributed by atoms with van der Waals surface area (Å²) in [4.78, 5) is 0. The molecule has 82 valence electrons.